The summed E-state index contributed by atoms with van der Waals surface area (Å²) >= 11 is 11.3. The molecule has 2 aromatic rings. The van der Waals surface area contributed by atoms with Crippen LogP contribution in [-0.2, 0) is 12.3 Å². The number of hydrogen-bond donors (Lipinski definition) is 0. The van der Waals surface area contributed by atoms with Gasteiger partial charge in [-0.1, -0.05) is 12.1 Å². The third-order valence-corrected chi connectivity index (χ3v) is 5.13. The Balaban J connectivity index is 2.12. The Morgan fingerprint density at radius 3 is 2.74 bits per heavy atom. The lowest BCUT2D eigenvalue weighted by Crippen LogP contribution is -2.30. The summed E-state index contributed by atoms with van der Waals surface area (Å²) in [7, 11) is 2.14. The van der Waals surface area contributed by atoms with Crippen molar-refractivity contribution < 1.29 is 0 Å². The minimum atomic E-state index is 0.455. The predicted octanol–water partition coefficient (Wildman–Crippen LogP) is 5.32. The van der Waals surface area contributed by atoms with Crippen LogP contribution in [0.3, 0.4) is 0 Å². The number of thiophene rings is 1. The van der Waals surface area contributed by atoms with Crippen molar-refractivity contribution in [3.63, 3.8) is 0 Å². The molecule has 0 aliphatic carbocycles. The highest BCUT2D eigenvalue weighted by molar-refractivity contribution is 9.10. The van der Waals surface area contributed by atoms with E-state index in [1.807, 2.05) is 11.3 Å². The highest BCUT2D eigenvalue weighted by Gasteiger charge is 2.14. The molecular formula is C15H17BrClNS. The second kappa shape index (κ2) is 6.78. The number of likely N-dealkylation sites (N-methyl/N-ethyl adjacent to an activating group) is 1. The summed E-state index contributed by atoms with van der Waals surface area (Å²) in [6.07, 6.45) is 1.07. The first-order valence-corrected chi connectivity index (χ1v) is 8.42. The largest absolute Gasteiger partial charge is 0.371 e. The van der Waals surface area contributed by atoms with Crippen molar-refractivity contribution >= 4 is 44.6 Å². The standard InChI is InChI=1S/C15H17BrClNS/c1-11(8-13-4-3-7-19-13)18(2)15-6-5-12(10-17)9-14(15)16/h3-7,9,11H,8,10H2,1-2H3. The van der Waals surface area contributed by atoms with Crippen LogP contribution in [0.4, 0.5) is 5.69 Å². The van der Waals surface area contributed by atoms with E-state index in [0.29, 0.717) is 11.9 Å². The maximum Gasteiger partial charge on any atom is 0.0510 e. The molecule has 1 unspecified atom stereocenters. The van der Waals surface area contributed by atoms with Crippen LogP contribution in [0.1, 0.15) is 17.4 Å². The van der Waals surface area contributed by atoms with Crippen molar-refractivity contribution in [3.05, 3.63) is 50.6 Å². The molecule has 0 aliphatic heterocycles. The zero-order chi connectivity index (χ0) is 13.8. The van der Waals surface area contributed by atoms with Crippen LogP contribution < -0.4 is 4.90 Å². The van der Waals surface area contributed by atoms with Gasteiger partial charge in [-0.25, -0.2) is 0 Å². The first-order valence-electron chi connectivity index (χ1n) is 6.21. The molecule has 0 bridgehead atoms. The molecule has 0 fully saturated rings. The Morgan fingerprint density at radius 2 is 2.16 bits per heavy atom. The van der Waals surface area contributed by atoms with Crippen LogP contribution in [0.25, 0.3) is 0 Å². The first-order chi connectivity index (χ1) is 9.11. The van der Waals surface area contributed by atoms with E-state index < -0.39 is 0 Å². The monoisotopic (exact) mass is 357 g/mol. The minimum absolute atomic E-state index is 0.455. The van der Waals surface area contributed by atoms with Gasteiger partial charge in [0.05, 0.1) is 5.69 Å². The van der Waals surface area contributed by atoms with Gasteiger partial charge < -0.3 is 4.90 Å². The van der Waals surface area contributed by atoms with Crippen LogP contribution in [0, 0.1) is 0 Å². The summed E-state index contributed by atoms with van der Waals surface area (Å²) in [6, 6.07) is 11.1. The van der Waals surface area contributed by atoms with Gasteiger partial charge in [0.1, 0.15) is 0 Å². The molecule has 0 radical (unpaired) electrons. The lowest BCUT2D eigenvalue weighted by Gasteiger charge is -2.28. The zero-order valence-electron chi connectivity index (χ0n) is 11.1. The van der Waals surface area contributed by atoms with Gasteiger partial charge in [0.25, 0.3) is 0 Å². The normalized spacial score (nSPS) is 12.4. The topological polar surface area (TPSA) is 3.24 Å². The third kappa shape index (κ3) is 3.74. The van der Waals surface area contributed by atoms with Gasteiger partial charge >= 0.3 is 0 Å². The van der Waals surface area contributed by atoms with Crippen molar-refractivity contribution in [1.82, 2.24) is 0 Å². The van der Waals surface area contributed by atoms with Crippen LogP contribution in [0.5, 0.6) is 0 Å². The van der Waals surface area contributed by atoms with Gasteiger partial charge in [0.15, 0.2) is 0 Å². The molecule has 1 heterocycles. The highest BCUT2D eigenvalue weighted by Crippen LogP contribution is 2.29. The molecule has 0 aliphatic rings. The van der Waals surface area contributed by atoms with E-state index >= 15 is 0 Å². The number of halogens is 2. The molecule has 0 spiro atoms. The molecule has 19 heavy (non-hydrogen) atoms. The SMILES string of the molecule is CC(Cc1cccs1)N(C)c1ccc(CCl)cc1Br. The smallest absolute Gasteiger partial charge is 0.0510 e. The summed E-state index contributed by atoms with van der Waals surface area (Å²) in [6.45, 7) is 2.25. The molecule has 0 saturated carbocycles. The summed E-state index contributed by atoms with van der Waals surface area (Å²) in [4.78, 5) is 3.73. The Morgan fingerprint density at radius 1 is 1.37 bits per heavy atom. The van der Waals surface area contributed by atoms with E-state index in [2.05, 4.69) is 70.5 Å². The number of rotatable bonds is 5. The fourth-order valence-electron chi connectivity index (χ4n) is 2.01. The van der Waals surface area contributed by atoms with Crippen LogP contribution in [0.2, 0.25) is 0 Å². The summed E-state index contributed by atoms with van der Waals surface area (Å²) in [5.74, 6) is 0.549. The molecule has 0 N–H and O–H groups in total. The maximum absolute atomic E-state index is 5.86. The van der Waals surface area contributed by atoms with Crippen LogP contribution in [0.15, 0.2) is 40.2 Å². The zero-order valence-corrected chi connectivity index (χ0v) is 14.2. The highest BCUT2D eigenvalue weighted by atomic mass is 79.9. The van der Waals surface area contributed by atoms with Gasteiger partial charge in [-0.3, -0.25) is 0 Å². The maximum atomic E-state index is 5.86. The van der Waals surface area contributed by atoms with E-state index in [4.69, 9.17) is 11.6 Å². The summed E-state index contributed by atoms with van der Waals surface area (Å²) in [5, 5.41) is 2.13. The Bertz CT molecular complexity index is 527. The van der Waals surface area contributed by atoms with E-state index in [1.54, 1.807) is 0 Å². The molecular weight excluding hydrogens is 342 g/mol. The number of nitrogens with zero attached hydrogens (tertiary/aromatic N) is 1. The molecule has 0 amide bonds. The fraction of sp³-hybridized carbons (Fsp3) is 0.333. The van der Waals surface area contributed by atoms with E-state index in [0.717, 1.165) is 16.5 Å². The number of hydrogen-bond acceptors (Lipinski definition) is 2. The summed E-state index contributed by atoms with van der Waals surface area (Å²) < 4.78 is 1.10. The van der Waals surface area contributed by atoms with E-state index in [-0.39, 0.29) is 0 Å². The molecule has 1 nitrogen and oxygen atoms in total. The van der Waals surface area contributed by atoms with Crippen molar-refractivity contribution in [2.45, 2.75) is 25.3 Å². The van der Waals surface area contributed by atoms with Gasteiger partial charge in [-0.05, 0) is 52.0 Å². The molecule has 1 aromatic heterocycles. The molecule has 1 atom stereocenters. The number of anilines is 1. The number of alkyl halides is 1. The molecule has 102 valence electrons. The van der Waals surface area contributed by atoms with Crippen molar-refractivity contribution in [1.29, 1.82) is 0 Å². The fourth-order valence-corrected chi connectivity index (χ4v) is 3.71. The van der Waals surface area contributed by atoms with Crippen LogP contribution in [-0.4, -0.2) is 13.1 Å². The Hall–Kier alpha value is -0.510. The van der Waals surface area contributed by atoms with Gasteiger partial charge in [0.2, 0.25) is 0 Å². The minimum Gasteiger partial charge on any atom is -0.371 e. The molecule has 2 rings (SSSR count). The molecule has 4 heteroatoms. The average molecular weight is 359 g/mol. The van der Waals surface area contributed by atoms with Gasteiger partial charge in [-0.2, -0.15) is 0 Å². The lowest BCUT2D eigenvalue weighted by molar-refractivity contribution is 0.687. The van der Waals surface area contributed by atoms with Gasteiger partial charge in [-0.15, -0.1) is 22.9 Å². The van der Waals surface area contributed by atoms with Crippen molar-refractivity contribution in [2.75, 3.05) is 11.9 Å². The van der Waals surface area contributed by atoms with Crippen LogP contribution >= 0.6 is 38.9 Å². The third-order valence-electron chi connectivity index (χ3n) is 3.28. The van der Waals surface area contributed by atoms with Crippen molar-refractivity contribution in [2.24, 2.45) is 0 Å². The quantitative estimate of drug-likeness (QED) is 0.654. The second-order valence-corrected chi connectivity index (χ2v) is 6.82. The summed E-state index contributed by atoms with van der Waals surface area (Å²) in [5.41, 5.74) is 2.34. The second-order valence-electron chi connectivity index (χ2n) is 4.66. The Labute approximate surface area is 132 Å². The molecule has 1 aromatic carbocycles. The van der Waals surface area contributed by atoms with E-state index in [1.165, 1.54) is 10.6 Å². The average Bonchev–Trinajstić information content (AvgIpc) is 2.90. The van der Waals surface area contributed by atoms with Crippen molar-refractivity contribution in [3.8, 4) is 0 Å². The lowest BCUT2D eigenvalue weighted by atomic mass is 10.1. The molecule has 0 saturated heterocycles. The first kappa shape index (κ1) is 14.9. The van der Waals surface area contributed by atoms with Gasteiger partial charge in [0, 0.05) is 34.7 Å². The predicted molar refractivity (Wildman–Crippen MR) is 89.6 cm³/mol. The Kier molecular flexibility index (Phi) is 5.31. The number of benzene rings is 1. The van der Waals surface area contributed by atoms with E-state index in [9.17, 15) is 0 Å².